The van der Waals surface area contributed by atoms with E-state index in [-0.39, 0.29) is 6.71 Å². The lowest BCUT2D eigenvalue weighted by molar-refractivity contribution is 0.669. The van der Waals surface area contributed by atoms with E-state index in [4.69, 9.17) is 4.42 Å². The third-order valence-corrected chi connectivity index (χ3v) is 20.3. The molecule has 440 valence electrons. The van der Waals surface area contributed by atoms with Crippen molar-refractivity contribution in [1.82, 2.24) is 9.13 Å². The van der Waals surface area contributed by atoms with E-state index >= 15 is 0 Å². The number of fused-ring (bicyclic) bond motifs is 14. The van der Waals surface area contributed by atoms with Gasteiger partial charge in [0.2, 0.25) is 0 Å². The molecule has 0 saturated heterocycles. The summed E-state index contributed by atoms with van der Waals surface area (Å²) in [6.07, 6.45) is 0. The number of aromatic nitrogens is 2. The Morgan fingerprint density at radius 3 is 1.35 bits per heavy atom. The Labute approximate surface area is 549 Å². The van der Waals surface area contributed by atoms with Gasteiger partial charge in [0.05, 0.1) is 33.4 Å². The van der Waals surface area contributed by atoms with Crippen LogP contribution in [0.3, 0.4) is 0 Å². The molecule has 2 aliphatic rings. The SMILES string of the molecule is c1ccc(-c2ccc(-c3cccc(-c4ccc(-c5ccccc5)cc4)c3N3c4cc5c(cc4B4c6c3ccc(-c3ccccc3)c6-n3c6ccccc6c6c7c8cc(-c9ccccc9)ccc8n(-c8ccccc8)c7cc4c63)oc3cc(-c4ccccc4)ccc35)cc2)cc1. The minimum absolute atomic E-state index is 0.274. The van der Waals surface area contributed by atoms with Gasteiger partial charge in [-0.1, -0.05) is 273 Å². The Hall–Kier alpha value is -12.4. The molecule has 5 heteroatoms. The van der Waals surface area contributed by atoms with Crippen molar-refractivity contribution in [3.63, 3.8) is 0 Å². The van der Waals surface area contributed by atoms with Crippen molar-refractivity contribution in [2.75, 3.05) is 4.90 Å². The molecule has 3 aromatic heterocycles. The number of nitrogens with zero attached hydrogens (tertiary/aromatic N) is 3. The summed E-state index contributed by atoms with van der Waals surface area (Å²) in [6, 6.07) is 126. The van der Waals surface area contributed by atoms with Gasteiger partial charge in [0.25, 0.3) is 6.71 Å². The van der Waals surface area contributed by atoms with Gasteiger partial charge >= 0.3 is 0 Å². The highest BCUT2D eigenvalue weighted by Gasteiger charge is 2.45. The second-order valence-corrected chi connectivity index (χ2v) is 25.4. The van der Waals surface area contributed by atoms with E-state index in [1.165, 1.54) is 93.6 Å². The molecule has 0 radical (unpaired) electrons. The summed E-state index contributed by atoms with van der Waals surface area (Å²) < 4.78 is 12.5. The smallest absolute Gasteiger partial charge is 0.252 e. The largest absolute Gasteiger partial charge is 0.456 e. The van der Waals surface area contributed by atoms with Crippen molar-refractivity contribution in [2.24, 2.45) is 0 Å². The molecule has 18 aromatic rings. The average Bonchev–Trinajstić information content (AvgIpc) is 1.59. The van der Waals surface area contributed by atoms with Crippen LogP contribution in [0.1, 0.15) is 0 Å². The van der Waals surface area contributed by atoms with Gasteiger partial charge in [-0.05, 0) is 144 Å². The van der Waals surface area contributed by atoms with Gasteiger partial charge in [-0.3, -0.25) is 0 Å². The highest BCUT2D eigenvalue weighted by Crippen LogP contribution is 2.53. The lowest BCUT2D eigenvalue weighted by Gasteiger charge is -2.42. The van der Waals surface area contributed by atoms with Crippen LogP contribution in [0.5, 0.6) is 0 Å². The highest BCUT2D eigenvalue weighted by atomic mass is 16.3. The molecule has 2 aliphatic heterocycles. The van der Waals surface area contributed by atoms with Crippen LogP contribution in [0.2, 0.25) is 0 Å². The monoisotopic (exact) mass is 1210 g/mol. The van der Waals surface area contributed by atoms with E-state index in [1.807, 2.05) is 0 Å². The Bertz CT molecular complexity index is 6000. The molecule has 0 spiro atoms. The molecule has 0 fully saturated rings. The van der Waals surface area contributed by atoms with E-state index in [0.29, 0.717) is 0 Å². The Kier molecular flexibility index (Phi) is 11.8. The molecule has 0 atom stereocenters. The zero-order valence-electron chi connectivity index (χ0n) is 51.7. The number of hydrogen-bond acceptors (Lipinski definition) is 2. The molecular formula is C90H56BN3O. The van der Waals surface area contributed by atoms with Gasteiger partial charge in [-0.25, -0.2) is 0 Å². The summed E-state index contributed by atoms with van der Waals surface area (Å²) in [5.41, 5.74) is 31.9. The van der Waals surface area contributed by atoms with Crippen LogP contribution >= 0.6 is 0 Å². The predicted octanol–water partition coefficient (Wildman–Crippen LogP) is 22.1. The second-order valence-electron chi connectivity index (χ2n) is 25.4. The van der Waals surface area contributed by atoms with E-state index in [9.17, 15) is 0 Å². The van der Waals surface area contributed by atoms with E-state index in [0.717, 1.165) is 94.7 Å². The van der Waals surface area contributed by atoms with Gasteiger partial charge in [0.15, 0.2) is 0 Å². The molecular weight excluding hydrogens is 1150 g/mol. The minimum Gasteiger partial charge on any atom is -0.456 e. The topological polar surface area (TPSA) is 26.2 Å². The highest BCUT2D eigenvalue weighted by molar-refractivity contribution is 7.00. The van der Waals surface area contributed by atoms with Crippen LogP contribution in [0.25, 0.3) is 155 Å². The average molecular weight is 1210 g/mol. The van der Waals surface area contributed by atoms with Crippen molar-refractivity contribution in [2.45, 2.75) is 0 Å². The van der Waals surface area contributed by atoms with E-state index in [2.05, 4.69) is 354 Å². The zero-order chi connectivity index (χ0) is 62.2. The van der Waals surface area contributed by atoms with Crippen molar-refractivity contribution < 1.29 is 4.42 Å². The van der Waals surface area contributed by atoms with Crippen molar-refractivity contribution in [1.29, 1.82) is 0 Å². The van der Waals surface area contributed by atoms with Gasteiger partial charge in [0, 0.05) is 66.1 Å². The number of hydrogen-bond donors (Lipinski definition) is 0. The molecule has 0 saturated carbocycles. The first-order valence-corrected chi connectivity index (χ1v) is 32.8. The summed E-state index contributed by atoms with van der Waals surface area (Å²) in [5.74, 6) is 0. The lowest BCUT2D eigenvalue weighted by Crippen LogP contribution is -2.60. The van der Waals surface area contributed by atoms with Gasteiger partial charge < -0.3 is 18.5 Å². The maximum Gasteiger partial charge on any atom is 0.252 e. The standard InChI is InChI=1S/C90H56BN3O/c1-7-22-57(23-8-1)61-38-42-64(43-39-61)69-35-21-36-70(65-44-40-62(41-45-65)58-24-9-2-10-25-58)88(69)93-80-51-49-71(63-30-15-5-16-31-63)89-87(80)91(76-56-84-74(54-81(76)93)72-48-46-67(53-83(72)95-84)60-28-13-4-14-29-60)77-55-82-85(86-73-34-19-20-37-78(73)94(89)90(77)86)75-52-66(59-26-11-3-12-27-59)47-50-79(75)92(82)68-32-17-6-18-33-68/h1-56H. The molecule has 5 heterocycles. The van der Waals surface area contributed by atoms with Crippen LogP contribution in [-0.2, 0) is 0 Å². The number of benzene rings is 15. The van der Waals surface area contributed by atoms with Crippen LogP contribution in [0, 0.1) is 0 Å². The molecule has 0 unspecified atom stereocenters. The normalized spacial score (nSPS) is 12.4. The van der Waals surface area contributed by atoms with E-state index in [1.54, 1.807) is 0 Å². The maximum absolute atomic E-state index is 7.32. The molecule has 95 heavy (non-hydrogen) atoms. The summed E-state index contributed by atoms with van der Waals surface area (Å²) in [5, 5.41) is 7.06. The number of anilines is 3. The van der Waals surface area contributed by atoms with Gasteiger partial charge in [-0.2, -0.15) is 0 Å². The molecule has 0 bridgehead atoms. The maximum atomic E-state index is 7.32. The van der Waals surface area contributed by atoms with Crippen molar-refractivity contribution in [3.8, 4) is 89.3 Å². The second kappa shape index (κ2) is 21.1. The third kappa shape index (κ3) is 8.16. The summed E-state index contributed by atoms with van der Waals surface area (Å²) >= 11 is 0. The summed E-state index contributed by atoms with van der Waals surface area (Å²) in [4.78, 5) is 2.65. The first-order valence-electron chi connectivity index (χ1n) is 32.8. The molecule has 0 N–H and O–H groups in total. The molecule has 0 amide bonds. The summed E-state index contributed by atoms with van der Waals surface area (Å²) in [7, 11) is 0. The number of rotatable bonds is 9. The Balaban J connectivity index is 0.944. The van der Waals surface area contributed by atoms with Crippen LogP contribution in [0.4, 0.5) is 17.1 Å². The fraction of sp³-hybridized carbons (Fsp3) is 0. The number of para-hydroxylation sites is 3. The van der Waals surface area contributed by atoms with Crippen LogP contribution < -0.4 is 21.3 Å². The van der Waals surface area contributed by atoms with Gasteiger partial charge in [0.1, 0.15) is 11.2 Å². The lowest BCUT2D eigenvalue weighted by atomic mass is 9.33. The third-order valence-electron chi connectivity index (χ3n) is 20.3. The molecule has 0 aliphatic carbocycles. The first-order chi connectivity index (χ1) is 47.1. The first kappa shape index (κ1) is 53.2. The fourth-order valence-electron chi connectivity index (χ4n) is 16.1. The molecule has 20 rings (SSSR count). The van der Waals surface area contributed by atoms with E-state index < -0.39 is 0 Å². The molecule has 4 nitrogen and oxygen atoms in total. The van der Waals surface area contributed by atoms with Crippen molar-refractivity contribution >= 4 is 106 Å². The Morgan fingerprint density at radius 2 is 0.726 bits per heavy atom. The zero-order valence-corrected chi connectivity index (χ0v) is 51.7. The van der Waals surface area contributed by atoms with Gasteiger partial charge in [-0.15, -0.1) is 0 Å². The predicted molar refractivity (Wildman–Crippen MR) is 400 cm³/mol. The summed E-state index contributed by atoms with van der Waals surface area (Å²) in [6.45, 7) is -0.274. The van der Waals surface area contributed by atoms with Crippen LogP contribution in [0.15, 0.2) is 344 Å². The quantitative estimate of drug-likeness (QED) is 0.135. The number of furan rings is 1. The fourth-order valence-corrected chi connectivity index (χ4v) is 16.1. The minimum atomic E-state index is -0.274. The van der Waals surface area contributed by atoms with Crippen LogP contribution in [-0.4, -0.2) is 15.8 Å². The molecule has 15 aromatic carbocycles. The Morgan fingerprint density at radius 1 is 0.253 bits per heavy atom. The van der Waals surface area contributed by atoms with Crippen molar-refractivity contribution in [3.05, 3.63) is 340 Å².